The van der Waals surface area contributed by atoms with E-state index in [4.69, 9.17) is 4.74 Å². The molecule has 1 aromatic heterocycles. The minimum atomic E-state index is -0.355. The Morgan fingerprint density at radius 1 is 1.52 bits per heavy atom. The number of esters is 1. The lowest BCUT2D eigenvalue weighted by Gasteiger charge is -2.29. The zero-order valence-corrected chi connectivity index (χ0v) is 14.6. The number of nitrogens with zero attached hydrogens (tertiary/aromatic N) is 1. The van der Waals surface area contributed by atoms with Crippen molar-refractivity contribution in [3.05, 3.63) is 28.0 Å². The number of carbonyl (C=O) groups is 2. The molecule has 1 spiro atoms. The summed E-state index contributed by atoms with van der Waals surface area (Å²) in [6, 6.07) is 1.85. The molecule has 2 fully saturated rings. The molecule has 0 aliphatic carbocycles. The number of hydrogen-bond donors (Lipinski definition) is 2. The highest BCUT2D eigenvalue weighted by molar-refractivity contribution is 9.10. The number of ether oxygens (including phenoxy) is 1. The largest absolute Gasteiger partial charge is 0.460 e. The van der Waals surface area contributed by atoms with Crippen LogP contribution in [0, 0.1) is 12.3 Å². The maximum atomic E-state index is 12.2. The molecule has 0 bridgehead atoms. The Labute approximate surface area is 143 Å². The van der Waals surface area contributed by atoms with Gasteiger partial charge in [-0.1, -0.05) is 0 Å². The van der Waals surface area contributed by atoms with E-state index >= 15 is 0 Å². The molecule has 6 nitrogen and oxygen atoms in total. The maximum Gasteiger partial charge on any atom is 0.312 e. The predicted octanol–water partition coefficient (Wildman–Crippen LogP) is 1.57. The molecule has 1 atom stereocenters. The van der Waals surface area contributed by atoms with E-state index in [9.17, 15) is 9.59 Å². The monoisotopic (exact) mass is 381 g/mol. The van der Waals surface area contributed by atoms with Gasteiger partial charge in [-0.05, 0) is 60.4 Å². The van der Waals surface area contributed by atoms with Gasteiger partial charge in [-0.25, -0.2) is 4.98 Å². The first-order valence-electron chi connectivity index (χ1n) is 7.82. The average molecular weight is 382 g/mol. The van der Waals surface area contributed by atoms with Gasteiger partial charge in [0.2, 0.25) is 0 Å². The van der Waals surface area contributed by atoms with Crippen molar-refractivity contribution in [3.63, 3.8) is 0 Å². The molecule has 23 heavy (non-hydrogen) atoms. The molecule has 0 saturated carbocycles. The number of piperidine rings is 1. The van der Waals surface area contributed by atoms with Crippen LogP contribution in [0.1, 0.15) is 35.3 Å². The summed E-state index contributed by atoms with van der Waals surface area (Å²) >= 11 is 3.33. The van der Waals surface area contributed by atoms with E-state index in [2.05, 4.69) is 31.5 Å². The Hall–Kier alpha value is -1.47. The highest BCUT2D eigenvalue weighted by atomic mass is 79.9. The summed E-state index contributed by atoms with van der Waals surface area (Å²) in [4.78, 5) is 28.6. The minimum Gasteiger partial charge on any atom is -0.460 e. The van der Waals surface area contributed by atoms with Crippen molar-refractivity contribution in [2.24, 2.45) is 5.41 Å². The summed E-state index contributed by atoms with van der Waals surface area (Å²) in [6.07, 6.45) is 3.65. The van der Waals surface area contributed by atoms with Crippen LogP contribution in [0.2, 0.25) is 0 Å². The highest BCUT2D eigenvalue weighted by Crippen LogP contribution is 2.41. The normalized spacial score (nSPS) is 22.9. The number of aryl methyl sites for hydroxylation is 1. The number of pyridine rings is 1. The summed E-state index contributed by atoms with van der Waals surface area (Å²) in [6.45, 7) is 3.86. The second-order valence-corrected chi connectivity index (χ2v) is 7.21. The zero-order valence-electron chi connectivity index (χ0n) is 13.0. The molecular formula is C16H20BrN3O3. The Balaban J connectivity index is 1.58. The van der Waals surface area contributed by atoms with Crippen LogP contribution in [0.15, 0.2) is 16.7 Å². The van der Waals surface area contributed by atoms with E-state index in [0.717, 1.165) is 36.0 Å². The van der Waals surface area contributed by atoms with Crippen LogP contribution in [0.5, 0.6) is 0 Å². The first-order valence-corrected chi connectivity index (χ1v) is 8.62. The number of rotatable bonds is 3. The molecule has 1 aromatic rings. The van der Waals surface area contributed by atoms with Crippen LogP contribution in [-0.2, 0) is 9.53 Å². The third-order valence-corrected chi connectivity index (χ3v) is 5.07. The Morgan fingerprint density at radius 2 is 2.26 bits per heavy atom. The fraction of sp³-hybridized carbons (Fsp3) is 0.562. The smallest absolute Gasteiger partial charge is 0.312 e. The summed E-state index contributed by atoms with van der Waals surface area (Å²) in [5.74, 6) is -0.353. The van der Waals surface area contributed by atoms with Crippen molar-refractivity contribution >= 4 is 27.8 Å². The molecule has 1 unspecified atom stereocenters. The SMILES string of the molecule is Cc1cc(Br)cnc1C(=O)NCC1CC2(CCNCC2)C(=O)O1. The minimum absolute atomic E-state index is 0.115. The van der Waals surface area contributed by atoms with E-state index in [1.165, 1.54) is 0 Å². The van der Waals surface area contributed by atoms with Crippen molar-refractivity contribution in [3.8, 4) is 0 Å². The second kappa shape index (κ2) is 6.57. The third kappa shape index (κ3) is 3.40. The summed E-state index contributed by atoms with van der Waals surface area (Å²) < 4.78 is 6.32. The molecular weight excluding hydrogens is 362 g/mol. The van der Waals surface area contributed by atoms with Gasteiger partial charge >= 0.3 is 5.97 Å². The van der Waals surface area contributed by atoms with Gasteiger partial charge in [0.05, 0.1) is 12.0 Å². The molecule has 2 saturated heterocycles. The zero-order chi connectivity index (χ0) is 16.4. The molecule has 2 aliphatic heterocycles. The first-order chi connectivity index (χ1) is 11.0. The molecule has 2 N–H and O–H groups in total. The topological polar surface area (TPSA) is 80.3 Å². The van der Waals surface area contributed by atoms with E-state index < -0.39 is 0 Å². The van der Waals surface area contributed by atoms with Crippen LogP contribution in [-0.4, -0.2) is 42.6 Å². The number of carbonyl (C=O) groups excluding carboxylic acids is 2. The molecule has 2 aliphatic rings. The Morgan fingerprint density at radius 3 is 2.96 bits per heavy atom. The van der Waals surface area contributed by atoms with Crippen molar-refractivity contribution in [2.75, 3.05) is 19.6 Å². The number of halogens is 1. The molecule has 3 heterocycles. The van der Waals surface area contributed by atoms with Crippen LogP contribution in [0.25, 0.3) is 0 Å². The molecule has 0 radical (unpaired) electrons. The van der Waals surface area contributed by atoms with Crippen molar-refractivity contribution in [1.82, 2.24) is 15.6 Å². The Bertz CT molecular complexity index is 629. The maximum absolute atomic E-state index is 12.2. The van der Waals surface area contributed by atoms with E-state index in [-0.39, 0.29) is 23.4 Å². The first kappa shape index (κ1) is 16.4. The second-order valence-electron chi connectivity index (χ2n) is 6.29. The number of amides is 1. The number of aromatic nitrogens is 1. The average Bonchev–Trinajstić information content (AvgIpc) is 2.81. The van der Waals surface area contributed by atoms with Crippen LogP contribution in [0.4, 0.5) is 0 Å². The van der Waals surface area contributed by atoms with Gasteiger partial charge in [0, 0.05) is 17.1 Å². The standard InChI is InChI=1S/C16H20BrN3O3/c1-10-6-11(17)8-19-13(10)14(21)20-9-12-7-16(15(22)23-12)2-4-18-5-3-16/h6,8,12,18H,2-5,7,9H2,1H3,(H,20,21). The van der Waals surface area contributed by atoms with Gasteiger partial charge in [0.1, 0.15) is 11.8 Å². The lowest BCUT2D eigenvalue weighted by Crippen LogP contribution is -2.39. The Kier molecular flexibility index (Phi) is 4.68. The molecule has 7 heteroatoms. The van der Waals surface area contributed by atoms with Crippen molar-refractivity contribution in [2.45, 2.75) is 32.3 Å². The van der Waals surface area contributed by atoms with Crippen LogP contribution >= 0.6 is 15.9 Å². The molecule has 3 rings (SSSR count). The van der Waals surface area contributed by atoms with E-state index in [0.29, 0.717) is 18.7 Å². The molecule has 124 valence electrons. The summed E-state index contributed by atoms with van der Waals surface area (Å²) in [5, 5.41) is 6.10. The fourth-order valence-corrected chi connectivity index (χ4v) is 3.78. The van der Waals surface area contributed by atoms with Gasteiger partial charge in [-0.2, -0.15) is 0 Å². The van der Waals surface area contributed by atoms with Gasteiger partial charge in [0.25, 0.3) is 5.91 Å². The third-order valence-electron chi connectivity index (χ3n) is 4.64. The number of nitrogens with one attached hydrogen (secondary N) is 2. The lowest BCUT2D eigenvalue weighted by atomic mass is 9.76. The van der Waals surface area contributed by atoms with E-state index in [1.807, 2.05) is 13.0 Å². The predicted molar refractivity (Wildman–Crippen MR) is 88.0 cm³/mol. The summed E-state index contributed by atoms with van der Waals surface area (Å²) in [5.41, 5.74) is 0.844. The van der Waals surface area contributed by atoms with Crippen molar-refractivity contribution < 1.29 is 14.3 Å². The highest BCUT2D eigenvalue weighted by Gasteiger charge is 2.49. The molecule has 0 aromatic carbocycles. The lowest BCUT2D eigenvalue weighted by molar-refractivity contribution is -0.149. The van der Waals surface area contributed by atoms with Gasteiger partial charge < -0.3 is 15.4 Å². The fourth-order valence-electron chi connectivity index (χ4n) is 3.33. The number of cyclic esters (lactones) is 1. The van der Waals surface area contributed by atoms with Gasteiger partial charge in [0.15, 0.2) is 0 Å². The van der Waals surface area contributed by atoms with Crippen LogP contribution in [0.3, 0.4) is 0 Å². The van der Waals surface area contributed by atoms with Crippen molar-refractivity contribution in [1.29, 1.82) is 0 Å². The van der Waals surface area contributed by atoms with Gasteiger partial charge in [-0.3, -0.25) is 9.59 Å². The van der Waals surface area contributed by atoms with Crippen LogP contribution < -0.4 is 10.6 Å². The molecule has 1 amide bonds. The quantitative estimate of drug-likeness (QED) is 0.776. The van der Waals surface area contributed by atoms with E-state index in [1.54, 1.807) is 6.20 Å². The number of hydrogen-bond acceptors (Lipinski definition) is 5. The van der Waals surface area contributed by atoms with Gasteiger partial charge in [-0.15, -0.1) is 0 Å². The summed E-state index contributed by atoms with van der Waals surface area (Å²) in [7, 11) is 0.